The van der Waals surface area contributed by atoms with E-state index in [0.717, 1.165) is 11.3 Å². The molecule has 22 heavy (non-hydrogen) atoms. The van der Waals surface area contributed by atoms with E-state index in [2.05, 4.69) is 0 Å². The van der Waals surface area contributed by atoms with Gasteiger partial charge in [-0.15, -0.1) is 0 Å². The highest BCUT2D eigenvalue weighted by Crippen LogP contribution is 2.40. The van der Waals surface area contributed by atoms with Gasteiger partial charge in [0.1, 0.15) is 11.6 Å². The van der Waals surface area contributed by atoms with E-state index < -0.39 is 5.54 Å². The molecule has 1 aromatic carbocycles. The fourth-order valence-corrected chi connectivity index (χ4v) is 3.29. The molecule has 0 bridgehead atoms. The molecule has 1 aromatic rings. The van der Waals surface area contributed by atoms with Gasteiger partial charge in [-0.2, -0.15) is 5.26 Å². The summed E-state index contributed by atoms with van der Waals surface area (Å²) in [5, 5.41) is 9.28. The van der Waals surface area contributed by atoms with Crippen LogP contribution in [0.1, 0.15) is 24.0 Å². The van der Waals surface area contributed by atoms with Crippen LogP contribution in [0, 0.1) is 18.3 Å². The second-order valence-corrected chi connectivity index (χ2v) is 5.91. The Balaban J connectivity index is 2.12. The Morgan fingerprint density at radius 3 is 2.68 bits per heavy atom. The van der Waals surface area contributed by atoms with Crippen LogP contribution < -0.4 is 4.90 Å². The third-order valence-electron chi connectivity index (χ3n) is 4.46. The van der Waals surface area contributed by atoms with E-state index in [9.17, 15) is 9.59 Å². The Labute approximate surface area is 133 Å². The van der Waals surface area contributed by atoms with Crippen LogP contribution in [0.2, 0.25) is 5.02 Å². The van der Waals surface area contributed by atoms with Crippen molar-refractivity contribution in [2.45, 2.75) is 25.3 Å². The molecule has 1 spiro atoms. The van der Waals surface area contributed by atoms with Gasteiger partial charge in [0, 0.05) is 7.05 Å². The number of urea groups is 1. The summed E-state index contributed by atoms with van der Waals surface area (Å²) in [5.41, 5.74) is 0.424. The first kappa shape index (κ1) is 14.6. The molecule has 0 aromatic heterocycles. The summed E-state index contributed by atoms with van der Waals surface area (Å²) in [7, 11) is 1.64. The predicted molar refractivity (Wildman–Crippen MR) is 82.7 cm³/mol. The van der Waals surface area contributed by atoms with Crippen LogP contribution in [0.3, 0.4) is 0 Å². The topological polar surface area (TPSA) is 64.4 Å². The highest BCUT2D eigenvalue weighted by atomic mass is 35.5. The molecule has 2 aliphatic rings. The zero-order chi connectivity index (χ0) is 16.1. The summed E-state index contributed by atoms with van der Waals surface area (Å²) in [6.07, 6.45) is 5.08. The molecule has 1 fully saturated rings. The Bertz CT molecular complexity index is 765. The van der Waals surface area contributed by atoms with Gasteiger partial charge in [0.2, 0.25) is 0 Å². The molecule has 1 saturated heterocycles. The Kier molecular flexibility index (Phi) is 3.22. The zero-order valence-electron chi connectivity index (χ0n) is 12.3. The maximum absolute atomic E-state index is 12.9. The van der Waals surface area contributed by atoms with Gasteiger partial charge in [0.05, 0.1) is 16.3 Å². The number of hydrogen-bond donors (Lipinski definition) is 0. The number of nitrogens with zero attached hydrogens (tertiary/aromatic N) is 3. The minimum Gasteiger partial charge on any atom is -0.309 e. The highest BCUT2D eigenvalue weighted by molar-refractivity contribution is 6.33. The molecule has 6 heteroatoms. The summed E-state index contributed by atoms with van der Waals surface area (Å²) in [5.74, 6) is -0.266. The first-order valence-electron chi connectivity index (χ1n) is 6.93. The molecule has 112 valence electrons. The molecule has 5 nitrogen and oxygen atoms in total. The van der Waals surface area contributed by atoms with Crippen LogP contribution >= 0.6 is 11.6 Å². The molecule has 1 atom stereocenters. The second-order valence-electron chi connectivity index (χ2n) is 5.53. The minimum atomic E-state index is -0.885. The highest BCUT2D eigenvalue weighted by Gasteiger charge is 2.55. The van der Waals surface area contributed by atoms with Crippen LogP contribution in [-0.4, -0.2) is 29.4 Å². The molecule has 3 amide bonds. The number of halogens is 1. The Morgan fingerprint density at radius 2 is 2.09 bits per heavy atom. The SMILES string of the molecule is Cc1c(N2C(=O)N(C)[C@@]3(C=CCC3)C2=O)ccc(C#N)c1Cl. The fourth-order valence-electron chi connectivity index (χ4n) is 3.08. The van der Waals surface area contributed by atoms with E-state index in [4.69, 9.17) is 16.9 Å². The first-order chi connectivity index (χ1) is 10.4. The standard InChI is InChI=1S/C16H14ClN3O2/c1-10-12(6-5-11(9-18)13(10)17)20-14(21)16(7-3-4-8-16)19(2)15(20)22/h3,5-7H,4,8H2,1-2H3/t16-/m1/s1. The number of nitriles is 1. The van der Waals surface area contributed by atoms with E-state index >= 15 is 0 Å². The molecular weight excluding hydrogens is 302 g/mol. The van der Waals surface area contributed by atoms with Crippen molar-refractivity contribution in [1.29, 1.82) is 5.26 Å². The van der Waals surface area contributed by atoms with Crippen molar-refractivity contribution >= 4 is 29.2 Å². The van der Waals surface area contributed by atoms with E-state index in [-0.39, 0.29) is 17.0 Å². The predicted octanol–water partition coefficient (Wildman–Crippen LogP) is 3.01. The van der Waals surface area contributed by atoms with E-state index in [1.165, 1.54) is 11.0 Å². The maximum Gasteiger partial charge on any atom is 0.332 e. The third kappa shape index (κ3) is 1.71. The number of allylic oxidation sites excluding steroid dienone is 1. The lowest BCUT2D eigenvalue weighted by Gasteiger charge is -2.25. The molecule has 1 aliphatic carbocycles. The van der Waals surface area contributed by atoms with Gasteiger partial charge in [-0.1, -0.05) is 23.8 Å². The number of rotatable bonds is 1. The van der Waals surface area contributed by atoms with Gasteiger partial charge in [-0.05, 0) is 37.5 Å². The number of amides is 3. The largest absolute Gasteiger partial charge is 0.332 e. The summed E-state index contributed by atoms with van der Waals surface area (Å²) >= 11 is 6.16. The van der Waals surface area contributed by atoms with Crippen LogP contribution in [0.25, 0.3) is 0 Å². The number of carbonyl (C=O) groups is 2. The molecule has 0 N–H and O–H groups in total. The quantitative estimate of drug-likeness (QED) is 0.591. The van der Waals surface area contributed by atoms with Gasteiger partial charge in [-0.25, -0.2) is 9.69 Å². The van der Waals surface area contributed by atoms with Crippen LogP contribution in [0.15, 0.2) is 24.3 Å². The lowest BCUT2D eigenvalue weighted by molar-refractivity contribution is -0.122. The van der Waals surface area contributed by atoms with Crippen molar-refractivity contribution in [3.05, 3.63) is 40.4 Å². The van der Waals surface area contributed by atoms with Gasteiger partial charge < -0.3 is 4.90 Å². The van der Waals surface area contributed by atoms with Crippen molar-refractivity contribution in [3.8, 4) is 6.07 Å². The third-order valence-corrected chi connectivity index (χ3v) is 4.94. The number of hydrogen-bond acceptors (Lipinski definition) is 3. The van der Waals surface area contributed by atoms with Gasteiger partial charge in [0.15, 0.2) is 0 Å². The zero-order valence-corrected chi connectivity index (χ0v) is 13.0. The molecule has 1 aliphatic heterocycles. The monoisotopic (exact) mass is 315 g/mol. The number of benzene rings is 1. The van der Waals surface area contributed by atoms with Gasteiger partial charge >= 0.3 is 6.03 Å². The molecule has 0 saturated carbocycles. The van der Waals surface area contributed by atoms with Crippen molar-refractivity contribution < 1.29 is 9.59 Å². The number of likely N-dealkylation sites (N-methyl/N-ethyl adjacent to an activating group) is 1. The lowest BCUT2D eigenvalue weighted by Crippen LogP contribution is -2.44. The Hall–Kier alpha value is -2.32. The normalized spacial score (nSPS) is 23.7. The van der Waals surface area contributed by atoms with Crippen molar-refractivity contribution in [1.82, 2.24) is 4.90 Å². The van der Waals surface area contributed by atoms with Crippen LogP contribution in [0.5, 0.6) is 0 Å². The smallest absolute Gasteiger partial charge is 0.309 e. The summed E-state index contributed by atoms with van der Waals surface area (Å²) in [4.78, 5) is 28.1. The van der Waals surface area contributed by atoms with E-state index in [1.54, 1.807) is 26.1 Å². The average Bonchev–Trinajstić information content (AvgIpc) is 3.06. The van der Waals surface area contributed by atoms with Crippen LogP contribution in [0.4, 0.5) is 10.5 Å². The number of anilines is 1. The molecular formula is C16H14ClN3O2. The van der Waals surface area contributed by atoms with Crippen molar-refractivity contribution in [2.24, 2.45) is 0 Å². The summed E-state index contributed by atoms with van der Waals surface area (Å²) in [6.45, 7) is 1.70. The van der Waals surface area contributed by atoms with E-state index in [0.29, 0.717) is 23.2 Å². The van der Waals surface area contributed by atoms with Crippen molar-refractivity contribution in [2.75, 3.05) is 11.9 Å². The molecule has 0 unspecified atom stereocenters. The maximum atomic E-state index is 12.9. The minimum absolute atomic E-state index is 0.266. The molecule has 1 heterocycles. The molecule has 0 radical (unpaired) electrons. The lowest BCUT2D eigenvalue weighted by atomic mass is 9.97. The molecule has 3 rings (SSSR count). The van der Waals surface area contributed by atoms with E-state index in [1.807, 2.05) is 12.1 Å². The number of imide groups is 1. The summed E-state index contributed by atoms with van der Waals surface area (Å²) < 4.78 is 0. The van der Waals surface area contributed by atoms with Crippen LogP contribution in [-0.2, 0) is 4.79 Å². The van der Waals surface area contributed by atoms with Crippen molar-refractivity contribution in [3.63, 3.8) is 0 Å². The van der Waals surface area contributed by atoms with Gasteiger partial charge in [-0.3, -0.25) is 4.79 Å². The second kappa shape index (κ2) is 4.85. The van der Waals surface area contributed by atoms with Gasteiger partial charge in [0.25, 0.3) is 5.91 Å². The Morgan fingerprint density at radius 1 is 1.36 bits per heavy atom. The number of carbonyl (C=O) groups excluding carboxylic acids is 2. The first-order valence-corrected chi connectivity index (χ1v) is 7.31. The fraction of sp³-hybridized carbons (Fsp3) is 0.312. The summed E-state index contributed by atoms with van der Waals surface area (Å²) in [6, 6.07) is 4.74. The average molecular weight is 316 g/mol.